The zero-order valence-corrected chi connectivity index (χ0v) is 12.6. The summed E-state index contributed by atoms with van der Waals surface area (Å²) in [5, 5.41) is 8.79. The molecule has 0 radical (unpaired) electrons. The fraction of sp³-hybridized carbons (Fsp3) is 0.111. The highest BCUT2D eigenvalue weighted by molar-refractivity contribution is 6.09. The Labute approximate surface area is 135 Å². The van der Waals surface area contributed by atoms with Gasteiger partial charge < -0.3 is 0 Å². The monoisotopic (exact) mass is 327 g/mol. The van der Waals surface area contributed by atoms with Gasteiger partial charge in [0.05, 0.1) is 22.5 Å². The number of H-pyrrole nitrogens is 1. The Hall–Kier alpha value is -2.89. The van der Waals surface area contributed by atoms with E-state index in [4.69, 9.17) is 0 Å². The fourth-order valence-electron chi connectivity index (χ4n) is 2.89. The van der Waals surface area contributed by atoms with Crippen LogP contribution in [0.4, 0.5) is 13.2 Å². The van der Waals surface area contributed by atoms with Gasteiger partial charge in [-0.25, -0.2) is 4.98 Å². The normalized spacial score (nSPS) is 12.2. The predicted octanol–water partition coefficient (Wildman–Crippen LogP) is 5.11. The summed E-state index contributed by atoms with van der Waals surface area (Å²) in [4.78, 5) is 4.60. The summed E-state index contributed by atoms with van der Waals surface area (Å²) in [5.74, 6) is 0. The van der Waals surface area contributed by atoms with Crippen LogP contribution in [0, 0.1) is 6.92 Å². The number of fused-ring (bicyclic) bond motifs is 3. The van der Waals surface area contributed by atoms with Crippen LogP contribution in [0.5, 0.6) is 0 Å². The summed E-state index contributed by atoms with van der Waals surface area (Å²) in [6.45, 7) is 1.82. The SMILES string of the molecule is Cc1n[nH]c2c1nc(-c1cccc(C(F)(F)F)c1)c1ccccc12. The lowest BCUT2D eigenvalue weighted by Gasteiger charge is -2.11. The fourth-order valence-corrected chi connectivity index (χ4v) is 2.89. The first-order chi connectivity index (χ1) is 11.4. The van der Waals surface area contributed by atoms with Crippen LogP contribution in [-0.2, 0) is 6.18 Å². The number of benzene rings is 2. The molecule has 0 aliphatic heterocycles. The molecular weight excluding hydrogens is 315 g/mol. The van der Waals surface area contributed by atoms with Crippen LogP contribution in [0.2, 0.25) is 0 Å². The Morgan fingerprint density at radius 2 is 1.71 bits per heavy atom. The zero-order valence-electron chi connectivity index (χ0n) is 12.6. The molecule has 0 unspecified atom stereocenters. The number of alkyl halides is 3. The number of hydrogen-bond donors (Lipinski definition) is 1. The molecule has 2 aromatic carbocycles. The van der Waals surface area contributed by atoms with E-state index in [1.54, 1.807) is 6.07 Å². The topological polar surface area (TPSA) is 41.6 Å². The quantitative estimate of drug-likeness (QED) is 0.528. The maximum Gasteiger partial charge on any atom is 0.416 e. The number of nitrogens with zero attached hydrogens (tertiary/aromatic N) is 2. The number of nitrogens with one attached hydrogen (secondary N) is 1. The molecule has 6 heteroatoms. The number of hydrogen-bond acceptors (Lipinski definition) is 2. The summed E-state index contributed by atoms with van der Waals surface area (Å²) >= 11 is 0. The second-order valence-corrected chi connectivity index (χ2v) is 5.62. The van der Waals surface area contributed by atoms with Crippen LogP contribution in [0.15, 0.2) is 48.5 Å². The van der Waals surface area contributed by atoms with E-state index < -0.39 is 11.7 Å². The van der Waals surface area contributed by atoms with Gasteiger partial charge in [0.15, 0.2) is 0 Å². The molecule has 0 amide bonds. The van der Waals surface area contributed by atoms with Crippen LogP contribution in [0.1, 0.15) is 11.3 Å². The van der Waals surface area contributed by atoms with Crippen LogP contribution < -0.4 is 0 Å². The number of rotatable bonds is 1. The van der Waals surface area contributed by atoms with Crippen molar-refractivity contribution in [1.29, 1.82) is 0 Å². The second-order valence-electron chi connectivity index (χ2n) is 5.62. The van der Waals surface area contributed by atoms with Crippen molar-refractivity contribution in [2.75, 3.05) is 0 Å². The van der Waals surface area contributed by atoms with Crippen molar-refractivity contribution in [2.45, 2.75) is 13.1 Å². The second kappa shape index (κ2) is 5.06. The molecule has 4 aromatic rings. The van der Waals surface area contributed by atoms with Crippen molar-refractivity contribution >= 4 is 21.8 Å². The maximum atomic E-state index is 13.0. The highest BCUT2D eigenvalue weighted by Crippen LogP contribution is 2.35. The van der Waals surface area contributed by atoms with E-state index in [2.05, 4.69) is 15.2 Å². The zero-order chi connectivity index (χ0) is 16.9. The molecule has 3 nitrogen and oxygen atoms in total. The highest BCUT2D eigenvalue weighted by atomic mass is 19.4. The van der Waals surface area contributed by atoms with Crippen molar-refractivity contribution in [1.82, 2.24) is 15.2 Å². The molecule has 0 spiro atoms. The summed E-state index contributed by atoms with van der Waals surface area (Å²) < 4.78 is 39.1. The van der Waals surface area contributed by atoms with Crippen molar-refractivity contribution in [2.24, 2.45) is 0 Å². The van der Waals surface area contributed by atoms with Gasteiger partial charge in [-0.2, -0.15) is 18.3 Å². The first kappa shape index (κ1) is 14.7. The summed E-state index contributed by atoms with van der Waals surface area (Å²) in [6, 6.07) is 12.7. The van der Waals surface area contributed by atoms with Crippen LogP contribution >= 0.6 is 0 Å². The van der Waals surface area contributed by atoms with E-state index in [0.717, 1.165) is 28.4 Å². The molecule has 0 fully saturated rings. The molecule has 24 heavy (non-hydrogen) atoms. The maximum absolute atomic E-state index is 13.0. The van der Waals surface area contributed by atoms with Gasteiger partial charge in [-0.3, -0.25) is 5.10 Å². The molecule has 4 rings (SSSR count). The third kappa shape index (κ3) is 2.22. The average Bonchev–Trinajstić information content (AvgIpc) is 2.95. The summed E-state index contributed by atoms with van der Waals surface area (Å²) in [5.41, 5.74) is 2.44. The number of halogens is 3. The molecule has 0 saturated heterocycles. The largest absolute Gasteiger partial charge is 0.416 e. The Morgan fingerprint density at radius 1 is 0.958 bits per heavy atom. The standard InChI is InChI=1S/C18H12F3N3/c1-10-15-17(24-23-10)14-8-3-2-7-13(14)16(22-15)11-5-4-6-12(9-11)18(19,20)21/h2-9H,1H3,(H,23,24). The molecular formula is C18H12F3N3. The van der Waals surface area contributed by atoms with Gasteiger partial charge in [0.1, 0.15) is 5.52 Å². The van der Waals surface area contributed by atoms with E-state index in [1.807, 2.05) is 31.2 Å². The lowest BCUT2D eigenvalue weighted by Crippen LogP contribution is -2.04. The van der Waals surface area contributed by atoms with E-state index in [9.17, 15) is 13.2 Å². The Balaban J connectivity index is 2.07. The van der Waals surface area contributed by atoms with Crippen molar-refractivity contribution in [3.63, 3.8) is 0 Å². The third-order valence-electron chi connectivity index (χ3n) is 4.05. The van der Waals surface area contributed by atoms with Crippen LogP contribution in [0.3, 0.4) is 0 Å². The number of aromatic nitrogens is 3. The number of pyridine rings is 1. The van der Waals surface area contributed by atoms with Gasteiger partial charge in [0, 0.05) is 16.3 Å². The van der Waals surface area contributed by atoms with Crippen LogP contribution in [0.25, 0.3) is 33.1 Å². The van der Waals surface area contributed by atoms with Gasteiger partial charge >= 0.3 is 6.18 Å². The van der Waals surface area contributed by atoms with Crippen molar-refractivity contribution in [3.8, 4) is 11.3 Å². The first-order valence-corrected chi connectivity index (χ1v) is 7.36. The molecule has 120 valence electrons. The lowest BCUT2D eigenvalue weighted by atomic mass is 10.0. The lowest BCUT2D eigenvalue weighted by molar-refractivity contribution is -0.137. The van der Waals surface area contributed by atoms with E-state index in [0.29, 0.717) is 22.5 Å². The molecule has 0 aliphatic carbocycles. The minimum Gasteiger partial charge on any atom is -0.275 e. The molecule has 0 aliphatic rings. The summed E-state index contributed by atoms with van der Waals surface area (Å²) in [6.07, 6.45) is -4.39. The van der Waals surface area contributed by atoms with Crippen molar-refractivity contribution in [3.05, 3.63) is 59.8 Å². The summed E-state index contributed by atoms with van der Waals surface area (Å²) in [7, 11) is 0. The molecule has 1 N–H and O–H groups in total. The minimum absolute atomic E-state index is 0.434. The first-order valence-electron chi connectivity index (χ1n) is 7.36. The van der Waals surface area contributed by atoms with Gasteiger partial charge in [0.25, 0.3) is 0 Å². The van der Waals surface area contributed by atoms with E-state index in [-0.39, 0.29) is 0 Å². The smallest absolute Gasteiger partial charge is 0.275 e. The average molecular weight is 327 g/mol. The molecule has 0 bridgehead atoms. The molecule has 0 saturated carbocycles. The Morgan fingerprint density at radius 3 is 2.46 bits per heavy atom. The Kier molecular flexibility index (Phi) is 3.09. The molecule has 2 aromatic heterocycles. The third-order valence-corrected chi connectivity index (χ3v) is 4.05. The van der Waals surface area contributed by atoms with E-state index >= 15 is 0 Å². The number of aryl methyl sites for hydroxylation is 1. The van der Waals surface area contributed by atoms with Gasteiger partial charge in [-0.15, -0.1) is 0 Å². The minimum atomic E-state index is -4.39. The Bertz CT molecular complexity index is 1060. The van der Waals surface area contributed by atoms with Gasteiger partial charge in [-0.1, -0.05) is 36.4 Å². The molecule has 2 heterocycles. The number of aromatic amines is 1. The van der Waals surface area contributed by atoms with E-state index in [1.165, 1.54) is 6.07 Å². The van der Waals surface area contributed by atoms with Gasteiger partial charge in [0.2, 0.25) is 0 Å². The van der Waals surface area contributed by atoms with Crippen LogP contribution in [-0.4, -0.2) is 15.2 Å². The highest BCUT2D eigenvalue weighted by Gasteiger charge is 2.30. The molecule has 0 atom stereocenters. The van der Waals surface area contributed by atoms with Gasteiger partial charge in [-0.05, 0) is 19.1 Å². The van der Waals surface area contributed by atoms with Crippen molar-refractivity contribution < 1.29 is 13.2 Å². The predicted molar refractivity (Wildman–Crippen MR) is 86.6 cm³/mol.